The van der Waals surface area contributed by atoms with Crippen molar-refractivity contribution < 1.29 is 9.53 Å². The van der Waals surface area contributed by atoms with Crippen LogP contribution in [-0.4, -0.2) is 30.2 Å². The SMILES string of the molecule is CCC(NCCCn1ccc2ccccc21)C(=O)OC. The van der Waals surface area contributed by atoms with Gasteiger partial charge in [0.1, 0.15) is 6.04 Å². The molecule has 0 aliphatic heterocycles. The lowest BCUT2D eigenvalue weighted by molar-refractivity contribution is -0.143. The number of nitrogens with zero attached hydrogens (tertiary/aromatic N) is 1. The van der Waals surface area contributed by atoms with Crippen molar-refractivity contribution in [3.63, 3.8) is 0 Å². The lowest BCUT2D eigenvalue weighted by atomic mass is 10.2. The lowest BCUT2D eigenvalue weighted by Crippen LogP contribution is -2.37. The number of fused-ring (bicyclic) bond motifs is 1. The van der Waals surface area contributed by atoms with Crippen LogP contribution in [0.2, 0.25) is 0 Å². The predicted molar refractivity (Wildman–Crippen MR) is 80.7 cm³/mol. The number of benzene rings is 1. The summed E-state index contributed by atoms with van der Waals surface area (Å²) in [5.74, 6) is -0.182. The number of carbonyl (C=O) groups is 1. The van der Waals surface area contributed by atoms with Gasteiger partial charge in [0.05, 0.1) is 7.11 Å². The monoisotopic (exact) mass is 274 g/mol. The molecular weight excluding hydrogens is 252 g/mol. The second-order valence-corrected chi connectivity index (χ2v) is 4.86. The number of rotatable bonds is 7. The minimum atomic E-state index is -0.193. The summed E-state index contributed by atoms with van der Waals surface area (Å²) in [6.45, 7) is 3.73. The number of aromatic nitrogens is 1. The minimum absolute atomic E-state index is 0.182. The van der Waals surface area contributed by atoms with Crippen molar-refractivity contribution in [1.82, 2.24) is 9.88 Å². The van der Waals surface area contributed by atoms with Crippen LogP contribution in [0.4, 0.5) is 0 Å². The van der Waals surface area contributed by atoms with E-state index in [9.17, 15) is 4.79 Å². The largest absolute Gasteiger partial charge is 0.468 e. The number of nitrogens with one attached hydrogen (secondary N) is 1. The summed E-state index contributed by atoms with van der Waals surface area (Å²) in [7, 11) is 1.43. The van der Waals surface area contributed by atoms with Crippen molar-refractivity contribution in [2.75, 3.05) is 13.7 Å². The zero-order valence-corrected chi connectivity index (χ0v) is 12.1. The van der Waals surface area contributed by atoms with E-state index in [2.05, 4.69) is 46.4 Å². The fraction of sp³-hybridized carbons (Fsp3) is 0.438. The van der Waals surface area contributed by atoms with Crippen molar-refractivity contribution in [1.29, 1.82) is 0 Å². The van der Waals surface area contributed by atoms with E-state index in [1.54, 1.807) is 0 Å². The van der Waals surface area contributed by atoms with E-state index in [4.69, 9.17) is 4.74 Å². The van der Waals surface area contributed by atoms with Gasteiger partial charge in [-0.25, -0.2) is 0 Å². The van der Waals surface area contributed by atoms with E-state index in [0.29, 0.717) is 0 Å². The number of methoxy groups -OCH3 is 1. The van der Waals surface area contributed by atoms with Gasteiger partial charge < -0.3 is 14.6 Å². The first-order chi connectivity index (χ1) is 9.76. The van der Waals surface area contributed by atoms with E-state index in [1.165, 1.54) is 18.0 Å². The summed E-state index contributed by atoms with van der Waals surface area (Å²) < 4.78 is 7.00. The molecule has 0 saturated carbocycles. The van der Waals surface area contributed by atoms with Gasteiger partial charge in [-0.1, -0.05) is 25.1 Å². The molecule has 1 N–H and O–H groups in total. The molecule has 0 aliphatic carbocycles. The molecule has 0 radical (unpaired) electrons. The van der Waals surface area contributed by atoms with E-state index in [0.717, 1.165) is 25.9 Å². The number of hydrogen-bond donors (Lipinski definition) is 1. The third-order valence-corrected chi connectivity index (χ3v) is 3.54. The summed E-state index contributed by atoms with van der Waals surface area (Å²) in [5, 5.41) is 4.51. The number of esters is 1. The molecule has 20 heavy (non-hydrogen) atoms. The van der Waals surface area contributed by atoms with Crippen molar-refractivity contribution in [2.45, 2.75) is 32.4 Å². The maximum atomic E-state index is 11.5. The summed E-state index contributed by atoms with van der Waals surface area (Å²) in [4.78, 5) is 11.5. The number of aryl methyl sites for hydroxylation is 1. The van der Waals surface area contributed by atoms with Gasteiger partial charge >= 0.3 is 5.97 Å². The second kappa shape index (κ2) is 7.10. The van der Waals surface area contributed by atoms with Crippen LogP contribution in [-0.2, 0) is 16.1 Å². The highest BCUT2D eigenvalue weighted by Gasteiger charge is 2.15. The fourth-order valence-corrected chi connectivity index (χ4v) is 2.40. The Bertz CT molecular complexity index is 562. The first-order valence-corrected chi connectivity index (χ1v) is 7.11. The minimum Gasteiger partial charge on any atom is -0.468 e. The van der Waals surface area contributed by atoms with Crippen LogP contribution in [0.3, 0.4) is 0 Å². The Morgan fingerprint density at radius 1 is 1.35 bits per heavy atom. The highest BCUT2D eigenvalue weighted by atomic mass is 16.5. The van der Waals surface area contributed by atoms with Crippen molar-refractivity contribution in [2.24, 2.45) is 0 Å². The maximum absolute atomic E-state index is 11.5. The van der Waals surface area contributed by atoms with E-state index >= 15 is 0 Å². The van der Waals surface area contributed by atoms with Gasteiger partial charge in [-0.2, -0.15) is 0 Å². The van der Waals surface area contributed by atoms with Gasteiger partial charge in [0.25, 0.3) is 0 Å². The average molecular weight is 274 g/mol. The Morgan fingerprint density at radius 2 is 2.15 bits per heavy atom. The zero-order chi connectivity index (χ0) is 14.4. The zero-order valence-electron chi connectivity index (χ0n) is 12.1. The van der Waals surface area contributed by atoms with Crippen molar-refractivity contribution in [3.05, 3.63) is 36.5 Å². The summed E-state index contributed by atoms with van der Waals surface area (Å²) in [5.41, 5.74) is 1.26. The number of carbonyl (C=O) groups excluding carboxylic acids is 1. The van der Waals surface area contributed by atoms with Crippen molar-refractivity contribution in [3.8, 4) is 0 Å². The van der Waals surface area contributed by atoms with Gasteiger partial charge in [0.15, 0.2) is 0 Å². The summed E-state index contributed by atoms with van der Waals surface area (Å²) in [6, 6.07) is 10.3. The van der Waals surface area contributed by atoms with Gasteiger partial charge in [0.2, 0.25) is 0 Å². The van der Waals surface area contributed by atoms with Crippen LogP contribution < -0.4 is 5.32 Å². The molecule has 0 saturated heterocycles. The number of hydrogen-bond acceptors (Lipinski definition) is 3. The molecule has 2 aromatic rings. The first-order valence-electron chi connectivity index (χ1n) is 7.11. The highest BCUT2D eigenvalue weighted by Crippen LogP contribution is 2.15. The molecule has 0 bridgehead atoms. The van der Waals surface area contributed by atoms with E-state index in [1.807, 2.05) is 6.92 Å². The first kappa shape index (κ1) is 14.6. The highest BCUT2D eigenvalue weighted by molar-refractivity contribution is 5.79. The van der Waals surface area contributed by atoms with Crippen LogP contribution in [0.15, 0.2) is 36.5 Å². The molecule has 4 heteroatoms. The van der Waals surface area contributed by atoms with Crippen LogP contribution in [0.5, 0.6) is 0 Å². The molecule has 1 unspecified atom stereocenters. The molecule has 108 valence electrons. The second-order valence-electron chi connectivity index (χ2n) is 4.86. The molecule has 0 fully saturated rings. The maximum Gasteiger partial charge on any atom is 0.322 e. The average Bonchev–Trinajstić information content (AvgIpc) is 2.90. The standard InChI is InChI=1S/C16H22N2O2/c1-3-14(16(19)20-2)17-10-6-11-18-12-9-13-7-4-5-8-15(13)18/h4-5,7-9,12,14,17H,3,6,10-11H2,1-2H3. The van der Waals surface area contributed by atoms with Gasteiger partial charge in [-0.05, 0) is 36.9 Å². The Morgan fingerprint density at radius 3 is 2.90 bits per heavy atom. The third-order valence-electron chi connectivity index (χ3n) is 3.54. The molecule has 0 aliphatic rings. The van der Waals surface area contributed by atoms with Crippen LogP contribution in [0.25, 0.3) is 10.9 Å². The quantitative estimate of drug-likeness (QED) is 0.623. The van der Waals surface area contributed by atoms with Crippen molar-refractivity contribution >= 4 is 16.9 Å². The Kier molecular flexibility index (Phi) is 5.18. The fourth-order valence-electron chi connectivity index (χ4n) is 2.40. The van der Waals surface area contributed by atoms with Gasteiger partial charge in [-0.3, -0.25) is 4.79 Å². The molecule has 4 nitrogen and oxygen atoms in total. The van der Waals surface area contributed by atoms with E-state index < -0.39 is 0 Å². The normalized spacial score (nSPS) is 12.5. The molecule has 1 heterocycles. The van der Waals surface area contributed by atoms with Crippen LogP contribution in [0.1, 0.15) is 19.8 Å². The van der Waals surface area contributed by atoms with Crippen LogP contribution in [0, 0.1) is 0 Å². The predicted octanol–water partition coefficient (Wildman–Crippen LogP) is 2.57. The number of ether oxygens (including phenoxy) is 1. The molecule has 2 rings (SSSR count). The molecular formula is C16H22N2O2. The molecule has 1 aromatic carbocycles. The summed E-state index contributed by atoms with van der Waals surface area (Å²) >= 11 is 0. The van der Waals surface area contributed by atoms with Gasteiger partial charge in [0, 0.05) is 18.3 Å². The Labute approximate surface area is 119 Å². The Hall–Kier alpha value is -1.81. The molecule has 1 atom stereocenters. The number of para-hydroxylation sites is 1. The summed E-state index contributed by atoms with van der Waals surface area (Å²) in [6.07, 6.45) is 3.84. The smallest absolute Gasteiger partial charge is 0.322 e. The molecule has 0 spiro atoms. The van der Waals surface area contributed by atoms with Gasteiger partial charge in [-0.15, -0.1) is 0 Å². The molecule has 1 aromatic heterocycles. The Balaban J connectivity index is 1.83. The topological polar surface area (TPSA) is 43.3 Å². The van der Waals surface area contributed by atoms with E-state index in [-0.39, 0.29) is 12.0 Å². The molecule has 0 amide bonds. The third kappa shape index (κ3) is 3.39. The van der Waals surface area contributed by atoms with Crippen LogP contribution >= 0.6 is 0 Å². The lowest BCUT2D eigenvalue weighted by Gasteiger charge is -2.14.